The second-order valence-electron chi connectivity index (χ2n) is 3.88. The van der Waals surface area contributed by atoms with Crippen LogP contribution in [0.3, 0.4) is 0 Å². The smallest absolute Gasteiger partial charge is 0.417 e. The van der Waals surface area contributed by atoms with Crippen LogP contribution in [0, 0.1) is 6.92 Å². The number of rotatable bonds is 4. The first-order chi connectivity index (χ1) is 8.93. The summed E-state index contributed by atoms with van der Waals surface area (Å²) in [6.07, 6.45) is -7.99. The number of ether oxygens (including phenoxy) is 1. The van der Waals surface area contributed by atoms with Gasteiger partial charge in [-0.05, 0) is 24.6 Å². The van der Waals surface area contributed by atoms with Crippen molar-refractivity contribution >= 4 is 10.0 Å². The van der Waals surface area contributed by atoms with Crippen LogP contribution >= 0.6 is 0 Å². The third kappa shape index (κ3) is 4.04. The monoisotopic (exact) mass is 319 g/mol. The zero-order chi connectivity index (χ0) is 15.7. The maximum Gasteiger partial charge on any atom is 0.417 e. The minimum absolute atomic E-state index is 0.00556. The molecule has 0 aromatic heterocycles. The average Bonchev–Trinajstić information content (AvgIpc) is 2.22. The summed E-state index contributed by atoms with van der Waals surface area (Å²) >= 11 is 0. The van der Waals surface area contributed by atoms with Crippen molar-refractivity contribution in [2.45, 2.75) is 24.4 Å². The molecule has 0 aliphatic heterocycles. The van der Waals surface area contributed by atoms with Crippen molar-refractivity contribution < 1.29 is 35.1 Å². The fourth-order valence-electron chi connectivity index (χ4n) is 1.50. The van der Waals surface area contributed by atoms with Gasteiger partial charge < -0.3 is 4.74 Å². The molecule has 0 bridgehead atoms. The lowest BCUT2D eigenvalue weighted by Gasteiger charge is -2.17. The van der Waals surface area contributed by atoms with E-state index in [1.165, 1.54) is 6.92 Å². The Hall–Kier alpha value is -1.42. The number of primary sulfonamides is 1. The third-order valence-electron chi connectivity index (χ3n) is 2.15. The fourth-order valence-corrected chi connectivity index (χ4v) is 2.38. The van der Waals surface area contributed by atoms with E-state index in [-0.39, 0.29) is 5.56 Å². The number of hydrogen-bond donors (Lipinski definition) is 1. The van der Waals surface area contributed by atoms with Gasteiger partial charge in [-0.1, -0.05) is 0 Å². The first-order valence-corrected chi connectivity index (χ1v) is 6.63. The number of aryl methyl sites for hydroxylation is 1. The summed E-state index contributed by atoms with van der Waals surface area (Å²) in [7, 11) is -4.80. The van der Waals surface area contributed by atoms with Crippen LogP contribution in [0.2, 0.25) is 0 Å². The van der Waals surface area contributed by atoms with E-state index in [1.54, 1.807) is 0 Å². The van der Waals surface area contributed by atoms with Gasteiger partial charge in [-0.15, -0.1) is 0 Å². The van der Waals surface area contributed by atoms with Crippen LogP contribution in [0.1, 0.15) is 11.1 Å². The lowest BCUT2D eigenvalue weighted by molar-refractivity contribution is -0.140. The highest BCUT2D eigenvalue weighted by molar-refractivity contribution is 7.89. The van der Waals surface area contributed by atoms with E-state index in [2.05, 4.69) is 4.74 Å². The molecule has 1 aromatic rings. The van der Waals surface area contributed by atoms with Gasteiger partial charge in [0, 0.05) is 0 Å². The molecule has 0 unspecified atom stereocenters. The normalized spacial score (nSPS) is 12.8. The molecule has 0 atom stereocenters. The fraction of sp³-hybridized carbons (Fsp3) is 0.400. The molecule has 0 heterocycles. The molecule has 20 heavy (non-hydrogen) atoms. The number of alkyl halides is 5. The van der Waals surface area contributed by atoms with Gasteiger partial charge in [0.15, 0.2) is 0 Å². The molecular formula is C10H10F5NO3S. The minimum atomic E-state index is -5.02. The van der Waals surface area contributed by atoms with Crippen molar-refractivity contribution in [2.24, 2.45) is 5.14 Å². The van der Waals surface area contributed by atoms with Crippen molar-refractivity contribution in [2.75, 3.05) is 6.61 Å². The van der Waals surface area contributed by atoms with Crippen LogP contribution in [0.15, 0.2) is 17.0 Å². The summed E-state index contributed by atoms with van der Waals surface area (Å²) in [6, 6.07) is 1.45. The highest BCUT2D eigenvalue weighted by Crippen LogP contribution is 2.39. The molecule has 1 rings (SSSR count). The summed E-state index contributed by atoms with van der Waals surface area (Å²) in [5, 5.41) is 4.72. The van der Waals surface area contributed by atoms with Gasteiger partial charge in [0.05, 0.1) is 5.56 Å². The number of benzene rings is 1. The Kier molecular flexibility index (Phi) is 4.59. The van der Waals surface area contributed by atoms with Crippen molar-refractivity contribution in [1.29, 1.82) is 0 Å². The molecule has 0 amide bonds. The molecule has 4 nitrogen and oxygen atoms in total. The highest BCUT2D eigenvalue weighted by Gasteiger charge is 2.39. The van der Waals surface area contributed by atoms with Crippen LogP contribution in [0.4, 0.5) is 22.0 Å². The van der Waals surface area contributed by atoms with Gasteiger partial charge in [0.2, 0.25) is 10.0 Å². The molecule has 0 radical (unpaired) electrons. The SMILES string of the molecule is Cc1cc(OCC(F)F)c(S(N)(=O)=O)c(C(F)(F)F)c1. The minimum Gasteiger partial charge on any atom is -0.486 e. The van der Waals surface area contributed by atoms with Crippen LogP contribution in [0.5, 0.6) is 5.75 Å². The second-order valence-corrected chi connectivity index (χ2v) is 5.38. The highest BCUT2D eigenvalue weighted by atomic mass is 32.2. The molecule has 0 spiro atoms. The number of halogens is 5. The van der Waals surface area contributed by atoms with Crippen LogP contribution in [0.25, 0.3) is 0 Å². The molecule has 0 fully saturated rings. The molecule has 0 aliphatic carbocycles. The van der Waals surface area contributed by atoms with Gasteiger partial charge in [-0.3, -0.25) is 0 Å². The Bertz CT molecular complexity index is 598. The maximum absolute atomic E-state index is 12.8. The molecule has 0 saturated carbocycles. The molecule has 10 heteroatoms. The lowest BCUT2D eigenvalue weighted by atomic mass is 10.1. The Morgan fingerprint density at radius 2 is 1.85 bits per heavy atom. The van der Waals surface area contributed by atoms with Crippen molar-refractivity contribution in [3.05, 3.63) is 23.3 Å². The molecule has 0 saturated heterocycles. The second kappa shape index (κ2) is 5.52. The summed E-state index contributed by atoms with van der Waals surface area (Å²) in [4.78, 5) is -1.35. The maximum atomic E-state index is 12.8. The summed E-state index contributed by atoms with van der Waals surface area (Å²) < 4.78 is 89.6. The largest absolute Gasteiger partial charge is 0.486 e. The van der Waals surface area contributed by atoms with E-state index in [1.807, 2.05) is 0 Å². The molecule has 1 aromatic carbocycles. The van der Waals surface area contributed by atoms with Gasteiger partial charge in [0.1, 0.15) is 17.3 Å². The standard InChI is InChI=1S/C10H10F5NO3S/c1-5-2-6(10(13,14)15)9(20(16,17)18)7(3-5)19-4-8(11)12/h2-3,8H,4H2,1H3,(H2,16,17,18). The Morgan fingerprint density at radius 1 is 1.30 bits per heavy atom. The van der Waals surface area contributed by atoms with Gasteiger partial charge in [0.25, 0.3) is 6.43 Å². The zero-order valence-corrected chi connectivity index (χ0v) is 10.9. The summed E-state index contributed by atoms with van der Waals surface area (Å²) in [5.41, 5.74) is -1.56. The first kappa shape index (κ1) is 16.6. The first-order valence-electron chi connectivity index (χ1n) is 5.08. The predicted octanol–water partition coefficient (Wildman–Crippen LogP) is 2.31. The number of hydrogen-bond acceptors (Lipinski definition) is 3. The third-order valence-corrected chi connectivity index (χ3v) is 3.14. The number of sulfonamides is 1. The van der Waals surface area contributed by atoms with Gasteiger partial charge in [-0.2, -0.15) is 13.2 Å². The predicted molar refractivity (Wildman–Crippen MR) is 59.1 cm³/mol. The van der Waals surface area contributed by atoms with E-state index in [4.69, 9.17) is 5.14 Å². The molecule has 114 valence electrons. The van der Waals surface area contributed by atoms with Crippen molar-refractivity contribution in [3.63, 3.8) is 0 Å². The van der Waals surface area contributed by atoms with Gasteiger partial charge >= 0.3 is 6.18 Å². The number of nitrogens with two attached hydrogens (primary N) is 1. The Morgan fingerprint density at radius 3 is 2.25 bits per heavy atom. The average molecular weight is 319 g/mol. The van der Waals surface area contributed by atoms with E-state index in [0.717, 1.165) is 6.07 Å². The van der Waals surface area contributed by atoms with Crippen LogP contribution in [-0.4, -0.2) is 21.5 Å². The Balaban J connectivity index is 3.54. The van der Waals surface area contributed by atoms with E-state index >= 15 is 0 Å². The van der Waals surface area contributed by atoms with Crippen molar-refractivity contribution in [3.8, 4) is 5.75 Å². The quantitative estimate of drug-likeness (QED) is 0.866. The summed E-state index contributed by atoms with van der Waals surface area (Å²) in [6.45, 7) is -0.0132. The van der Waals surface area contributed by atoms with Crippen LogP contribution < -0.4 is 9.88 Å². The topological polar surface area (TPSA) is 69.4 Å². The Labute approximate surface area is 111 Å². The zero-order valence-electron chi connectivity index (χ0n) is 10.0. The van der Waals surface area contributed by atoms with Crippen molar-refractivity contribution in [1.82, 2.24) is 0 Å². The van der Waals surface area contributed by atoms with Gasteiger partial charge in [-0.25, -0.2) is 22.3 Å². The van der Waals surface area contributed by atoms with E-state index in [0.29, 0.717) is 6.07 Å². The van der Waals surface area contributed by atoms with Crippen LogP contribution in [-0.2, 0) is 16.2 Å². The molecular weight excluding hydrogens is 309 g/mol. The summed E-state index contributed by atoms with van der Waals surface area (Å²) in [5.74, 6) is -0.847. The molecule has 0 aliphatic rings. The van der Waals surface area contributed by atoms with E-state index in [9.17, 15) is 30.4 Å². The van der Waals surface area contributed by atoms with E-state index < -0.39 is 45.4 Å². The lowest BCUT2D eigenvalue weighted by Crippen LogP contribution is -2.21. The molecule has 2 N–H and O–H groups in total.